The molecule has 6 heteroatoms. The van der Waals surface area contributed by atoms with Gasteiger partial charge in [-0.2, -0.15) is 5.10 Å². The Balaban J connectivity index is 1.78. The minimum atomic E-state index is -0.795. The molecule has 1 aromatic rings. The number of aromatic nitrogens is 2. The maximum absolute atomic E-state index is 13.0. The fraction of sp³-hybridized carbons (Fsp3) is 0.733. The molecule has 1 amide bonds. The smallest absolute Gasteiger partial charge is 0.226 e. The number of methoxy groups -OCH3 is 1. The SMILES string of the molecule is CCn1cc2c(n1)[C@H](COC)CN(C(=O)C1CC(F)C1)C2. The van der Waals surface area contributed by atoms with Crippen LogP contribution in [0, 0.1) is 5.92 Å². The summed E-state index contributed by atoms with van der Waals surface area (Å²) < 4.78 is 20.2. The lowest BCUT2D eigenvalue weighted by atomic mass is 9.81. The standard InChI is InChI=1S/C15H22FN3O2/c1-3-19-8-11-6-18(15(20)10-4-13(16)5-10)7-12(9-21-2)14(11)17-19/h8,10,12-13H,3-7,9H2,1-2H3/t10?,12-,13?/m0/s1. The number of fused-ring (bicyclic) bond motifs is 1. The number of halogens is 1. The molecule has 1 fully saturated rings. The van der Waals surface area contributed by atoms with Crippen LogP contribution in [0.1, 0.15) is 36.9 Å². The van der Waals surface area contributed by atoms with E-state index in [1.807, 2.05) is 22.7 Å². The molecular formula is C15H22FN3O2. The predicted molar refractivity (Wildman–Crippen MR) is 75.6 cm³/mol. The monoisotopic (exact) mass is 295 g/mol. The molecular weight excluding hydrogens is 273 g/mol. The summed E-state index contributed by atoms with van der Waals surface area (Å²) in [5, 5.41) is 4.59. The van der Waals surface area contributed by atoms with E-state index in [1.54, 1.807) is 7.11 Å². The van der Waals surface area contributed by atoms with E-state index in [1.165, 1.54) is 0 Å². The van der Waals surface area contributed by atoms with Crippen LogP contribution < -0.4 is 0 Å². The van der Waals surface area contributed by atoms with E-state index in [0.29, 0.717) is 32.5 Å². The number of alkyl halides is 1. The Hall–Kier alpha value is -1.43. The highest BCUT2D eigenvalue weighted by molar-refractivity contribution is 5.80. The van der Waals surface area contributed by atoms with Gasteiger partial charge in [0.25, 0.3) is 0 Å². The van der Waals surface area contributed by atoms with Crippen LogP contribution in [0.2, 0.25) is 0 Å². The normalized spacial score (nSPS) is 28.1. The van der Waals surface area contributed by atoms with Crippen LogP contribution in [0.15, 0.2) is 6.20 Å². The van der Waals surface area contributed by atoms with Crippen molar-refractivity contribution < 1.29 is 13.9 Å². The zero-order chi connectivity index (χ0) is 15.0. The van der Waals surface area contributed by atoms with Crippen molar-refractivity contribution >= 4 is 5.91 Å². The Morgan fingerprint density at radius 2 is 2.29 bits per heavy atom. The Morgan fingerprint density at radius 1 is 1.52 bits per heavy atom. The van der Waals surface area contributed by atoms with Gasteiger partial charge in [-0.3, -0.25) is 9.48 Å². The van der Waals surface area contributed by atoms with Crippen LogP contribution >= 0.6 is 0 Å². The fourth-order valence-corrected chi connectivity index (χ4v) is 3.24. The minimum absolute atomic E-state index is 0.0832. The number of rotatable bonds is 4. The van der Waals surface area contributed by atoms with Crippen molar-refractivity contribution in [2.75, 3.05) is 20.3 Å². The summed E-state index contributed by atoms with van der Waals surface area (Å²) in [6.07, 6.45) is 1.98. The molecule has 0 unspecified atom stereocenters. The zero-order valence-electron chi connectivity index (χ0n) is 12.6. The molecule has 1 aromatic heterocycles. The number of hydrogen-bond donors (Lipinski definition) is 0. The first-order valence-corrected chi connectivity index (χ1v) is 7.60. The molecule has 0 N–H and O–H groups in total. The second kappa shape index (κ2) is 5.75. The van der Waals surface area contributed by atoms with Gasteiger partial charge in [0, 0.05) is 50.3 Å². The van der Waals surface area contributed by atoms with Crippen LogP contribution in [-0.2, 0) is 22.6 Å². The Bertz CT molecular complexity index is 525. The van der Waals surface area contributed by atoms with Crippen LogP contribution in [0.4, 0.5) is 4.39 Å². The van der Waals surface area contributed by atoms with E-state index in [4.69, 9.17) is 4.74 Å². The van der Waals surface area contributed by atoms with E-state index >= 15 is 0 Å². The molecule has 21 heavy (non-hydrogen) atoms. The number of hydrogen-bond acceptors (Lipinski definition) is 3. The summed E-state index contributed by atoms with van der Waals surface area (Å²) in [7, 11) is 1.66. The molecule has 0 aromatic carbocycles. The van der Waals surface area contributed by atoms with E-state index in [-0.39, 0.29) is 17.7 Å². The highest BCUT2D eigenvalue weighted by Crippen LogP contribution is 2.35. The van der Waals surface area contributed by atoms with Crippen molar-refractivity contribution in [2.45, 2.75) is 44.9 Å². The van der Waals surface area contributed by atoms with Gasteiger partial charge in [0.05, 0.1) is 12.3 Å². The summed E-state index contributed by atoms with van der Waals surface area (Å²) in [6.45, 7) is 4.61. The summed E-state index contributed by atoms with van der Waals surface area (Å²) >= 11 is 0. The van der Waals surface area contributed by atoms with Gasteiger partial charge in [-0.1, -0.05) is 0 Å². The van der Waals surface area contributed by atoms with Crippen molar-refractivity contribution in [3.05, 3.63) is 17.5 Å². The molecule has 1 atom stereocenters. The average molecular weight is 295 g/mol. The molecule has 2 heterocycles. The third kappa shape index (κ3) is 2.69. The fourth-order valence-electron chi connectivity index (χ4n) is 3.24. The van der Waals surface area contributed by atoms with Crippen molar-refractivity contribution in [2.24, 2.45) is 5.92 Å². The molecule has 0 saturated heterocycles. The van der Waals surface area contributed by atoms with Crippen molar-refractivity contribution in [1.29, 1.82) is 0 Å². The summed E-state index contributed by atoms with van der Waals surface area (Å²) in [4.78, 5) is 14.3. The molecule has 0 bridgehead atoms. The van der Waals surface area contributed by atoms with E-state index < -0.39 is 6.17 Å². The highest BCUT2D eigenvalue weighted by Gasteiger charge is 2.39. The highest BCUT2D eigenvalue weighted by atomic mass is 19.1. The number of ether oxygens (including phenoxy) is 1. The third-order valence-electron chi connectivity index (χ3n) is 4.49. The van der Waals surface area contributed by atoms with Gasteiger partial charge < -0.3 is 9.64 Å². The molecule has 1 saturated carbocycles. The number of aryl methyl sites for hydroxylation is 1. The molecule has 1 aliphatic carbocycles. The molecule has 2 aliphatic rings. The molecule has 1 aliphatic heterocycles. The van der Waals surface area contributed by atoms with Gasteiger partial charge in [0.15, 0.2) is 0 Å². The van der Waals surface area contributed by atoms with E-state index in [9.17, 15) is 9.18 Å². The topological polar surface area (TPSA) is 47.4 Å². The van der Waals surface area contributed by atoms with E-state index in [0.717, 1.165) is 17.8 Å². The molecule has 0 radical (unpaired) electrons. The third-order valence-corrected chi connectivity index (χ3v) is 4.49. The maximum atomic E-state index is 13.0. The summed E-state index contributed by atoms with van der Waals surface area (Å²) in [5.41, 5.74) is 2.13. The zero-order valence-corrected chi connectivity index (χ0v) is 12.6. The van der Waals surface area contributed by atoms with Gasteiger partial charge in [0.2, 0.25) is 5.91 Å². The summed E-state index contributed by atoms with van der Waals surface area (Å²) in [6, 6.07) is 0. The van der Waals surface area contributed by atoms with Crippen molar-refractivity contribution in [3.8, 4) is 0 Å². The van der Waals surface area contributed by atoms with Crippen LogP contribution in [0.3, 0.4) is 0 Å². The molecule has 0 spiro atoms. The van der Waals surface area contributed by atoms with Gasteiger partial charge >= 0.3 is 0 Å². The van der Waals surface area contributed by atoms with Crippen LogP contribution in [-0.4, -0.2) is 47.0 Å². The number of carbonyl (C=O) groups excluding carboxylic acids is 1. The predicted octanol–water partition coefficient (Wildman–Crippen LogP) is 1.72. The minimum Gasteiger partial charge on any atom is -0.384 e. The first-order chi connectivity index (χ1) is 10.1. The largest absolute Gasteiger partial charge is 0.384 e. The Morgan fingerprint density at radius 3 is 2.90 bits per heavy atom. The number of nitrogens with zero attached hydrogens (tertiary/aromatic N) is 3. The second-order valence-electron chi connectivity index (χ2n) is 6.03. The van der Waals surface area contributed by atoms with Gasteiger partial charge in [0.1, 0.15) is 6.17 Å². The van der Waals surface area contributed by atoms with Crippen molar-refractivity contribution in [3.63, 3.8) is 0 Å². The second-order valence-corrected chi connectivity index (χ2v) is 6.03. The lowest BCUT2D eigenvalue weighted by molar-refractivity contribution is -0.142. The number of carbonyl (C=O) groups is 1. The first kappa shape index (κ1) is 14.5. The van der Waals surface area contributed by atoms with Crippen molar-refractivity contribution in [1.82, 2.24) is 14.7 Å². The van der Waals surface area contributed by atoms with Gasteiger partial charge in [-0.15, -0.1) is 0 Å². The lowest BCUT2D eigenvalue weighted by Gasteiger charge is -2.37. The van der Waals surface area contributed by atoms with Crippen LogP contribution in [0.25, 0.3) is 0 Å². The van der Waals surface area contributed by atoms with Gasteiger partial charge in [-0.05, 0) is 19.8 Å². The molecule has 116 valence electrons. The Kier molecular flexibility index (Phi) is 3.97. The summed E-state index contributed by atoms with van der Waals surface area (Å²) in [5.74, 6) is 0.0580. The van der Waals surface area contributed by atoms with Crippen LogP contribution in [0.5, 0.6) is 0 Å². The van der Waals surface area contributed by atoms with E-state index in [2.05, 4.69) is 5.10 Å². The molecule has 5 nitrogen and oxygen atoms in total. The maximum Gasteiger partial charge on any atom is 0.226 e. The molecule has 3 rings (SSSR count). The first-order valence-electron chi connectivity index (χ1n) is 7.60. The number of amides is 1. The quantitative estimate of drug-likeness (QED) is 0.850. The average Bonchev–Trinajstić information content (AvgIpc) is 2.87. The van der Waals surface area contributed by atoms with Gasteiger partial charge in [-0.25, -0.2) is 4.39 Å². The Labute approximate surface area is 124 Å². The lowest BCUT2D eigenvalue weighted by Crippen LogP contribution is -2.46.